The second-order valence-electron chi connectivity index (χ2n) is 9.10. The first-order valence-corrected chi connectivity index (χ1v) is 12.5. The van der Waals surface area contributed by atoms with Crippen LogP contribution in [0.4, 0.5) is 39.5 Å². The van der Waals surface area contributed by atoms with Crippen molar-refractivity contribution in [2.24, 2.45) is 0 Å². The Balaban J connectivity index is 0.00000353. The number of hydrogen-bond donors (Lipinski definition) is 0. The van der Waals surface area contributed by atoms with E-state index in [1.54, 1.807) is 48.5 Å². The zero-order valence-electron chi connectivity index (χ0n) is 20.5. The summed E-state index contributed by atoms with van der Waals surface area (Å²) in [5, 5.41) is 10.2. The number of nitrogens with zero attached hydrogens (tertiary/aromatic N) is 2. The number of thiophene rings is 1. The van der Waals surface area contributed by atoms with Gasteiger partial charge in [0, 0.05) is 36.7 Å². The molecule has 42 heavy (non-hydrogen) atoms. The Morgan fingerprint density at radius 2 is 1.14 bits per heavy atom. The molecule has 0 N–H and O–H groups in total. The van der Waals surface area contributed by atoms with Gasteiger partial charge in [-0.15, -0.1) is 23.6 Å². The molecule has 0 aliphatic carbocycles. The summed E-state index contributed by atoms with van der Waals surface area (Å²) in [4.78, 5) is 0.477. The first kappa shape index (κ1) is 29.9. The minimum Gasteiger partial charge on any atom is -0.206 e. The molecule has 6 rings (SSSR count). The minimum absolute atomic E-state index is 0. The molecule has 0 aliphatic heterocycles. The average Bonchev–Trinajstić information content (AvgIpc) is 3.33. The molecule has 0 aliphatic rings. The van der Waals surface area contributed by atoms with Gasteiger partial charge in [0.15, 0.2) is 0 Å². The van der Waals surface area contributed by atoms with Crippen molar-refractivity contribution in [2.75, 3.05) is 0 Å². The Morgan fingerprint density at radius 3 is 1.71 bits per heavy atom. The van der Waals surface area contributed by atoms with E-state index in [-0.39, 0.29) is 42.6 Å². The molecular formula is C29H12F9IrN2S-. The number of benzene rings is 4. The zero-order valence-corrected chi connectivity index (χ0v) is 23.7. The minimum atomic E-state index is -5.98. The van der Waals surface area contributed by atoms with Crippen LogP contribution in [0.15, 0.2) is 72.8 Å². The number of fused-ring (bicyclic) bond motifs is 3. The SMILES string of the molecule is FC(F)(F)c1ccc(-c2nnc(-c3[c-]c4ccccc4s3)c3cc4ccccc4cc23)c(C(F)(F)F)c1C(F)(F)F.[Ir]. The predicted molar refractivity (Wildman–Crippen MR) is 137 cm³/mol. The zero-order chi connectivity index (χ0) is 29.3. The van der Waals surface area contributed by atoms with Crippen LogP contribution in [0.3, 0.4) is 0 Å². The van der Waals surface area contributed by atoms with Gasteiger partial charge in [-0.1, -0.05) is 48.5 Å². The Kier molecular flexibility index (Phi) is 7.36. The summed E-state index contributed by atoms with van der Waals surface area (Å²) in [6, 6.07) is 20.5. The van der Waals surface area contributed by atoms with E-state index >= 15 is 0 Å². The van der Waals surface area contributed by atoms with Gasteiger partial charge in [0.1, 0.15) is 0 Å². The van der Waals surface area contributed by atoms with E-state index < -0.39 is 46.5 Å². The van der Waals surface area contributed by atoms with Gasteiger partial charge in [-0.05, 0) is 37.9 Å². The first-order valence-electron chi connectivity index (χ1n) is 11.7. The predicted octanol–water partition coefficient (Wildman–Crippen LogP) is 10.2. The third-order valence-corrected chi connectivity index (χ3v) is 7.62. The van der Waals surface area contributed by atoms with Crippen molar-refractivity contribution in [3.63, 3.8) is 0 Å². The molecule has 0 unspecified atom stereocenters. The molecule has 0 spiro atoms. The van der Waals surface area contributed by atoms with Crippen LogP contribution >= 0.6 is 11.3 Å². The Morgan fingerprint density at radius 1 is 0.595 bits per heavy atom. The summed E-state index contributed by atoms with van der Waals surface area (Å²) in [6.45, 7) is 0. The Bertz CT molecular complexity index is 1940. The number of aromatic nitrogens is 2. The molecule has 0 bridgehead atoms. The Hall–Kier alpha value is -3.54. The number of hydrogen-bond acceptors (Lipinski definition) is 3. The van der Waals surface area contributed by atoms with Crippen LogP contribution in [0.1, 0.15) is 16.7 Å². The van der Waals surface area contributed by atoms with Gasteiger partial charge in [-0.3, -0.25) is 0 Å². The van der Waals surface area contributed by atoms with Crippen molar-refractivity contribution in [1.29, 1.82) is 0 Å². The second kappa shape index (κ2) is 10.3. The molecule has 0 saturated carbocycles. The summed E-state index contributed by atoms with van der Waals surface area (Å²) >= 11 is 1.28. The average molecular weight is 784 g/mol. The summed E-state index contributed by atoms with van der Waals surface area (Å²) in [6.07, 6.45) is -17.5. The molecule has 1 radical (unpaired) electrons. The van der Waals surface area contributed by atoms with Gasteiger partial charge < -0.3 is 0 Å². The van der Waals surface area contributed by atoms with E-state index in [9.17, 15) is 39.5 Å². The van der Waals surface area contributed by atoms with Gasteiger partial charge in [0.2, 0.25) is 0 Å². The second-order valence-corrected chi connectivity index (χ2v) is 10.2. The normalized spacial score (nSPS) is 12.7. The van der Waals surface area contributed by atoms with Gasteiger partial charge in [-0.25, -0.2) is 11.3 Å². The fraction of sp³-hybridized carbons (Fsp3) is 0.103. The van der Waals surface area contributed by atoms with E-state index in [2.05, 4.69) is 16.3 Å². The molecule has 0 fully saturated rings. The summed E-state index contributed by atoms with van der Waals surface area (Å²) in [7, 11) is 0. The number of halogens is 9. The maximum absolute atomic E-state index is 14.3. The standard InChI is InChI=1S/C29H12F9N2S.Ir/c30-27(31,32)20-10-9-17(23(28(33,34)35)24(20)29(36,37)38)25-18-11-14-5-1-2-6-15(14)12-19(18)26(40-39-25)22-13-16-7-3-4-8-21(16)41-22;/h1-12H;/q-1;. The maximum Gasteiger partial charge on any atom is 0.417 e. The molecule has 2 nitrogen and oxygen atoms in total. The van der Waals surface area contributed by atoms with Crippen LogP contribution < -0.4 is 0 Å². The third kappa shape index (κ3) is 5.14. The van der Waals surface area contributed by atoms with Gasteiger partial charge in [0.25, 0.3) is 0 Å². The maximum atomic E-state index is 14.3. The van der Waals surface area contributed by atoms with Gasteiger partial charge in [0.05, 0.1) is 22.4 Å². The molecule has 0 amide bonds. The van der Waals surface area contributed by atoms with E-state index in [1.807, 2.05) is 6.07 Å². The van der Waals surface area contributed by atoms with Crippen LogP contribution in [0.25, 0.3) is 53.5 Å². The van der Waals surface area contributed by atoms with Gasteiger partial charge >= 0.3 is 18.5 Å². The molecule has 13 heteroatoms. The molecule has 0 atom stereocenters. The number of rotatable bonds is 2. The molecule has 217 valence electrons. The van der Waals surface area contributed by atoms with Crippen molar-refractivity contribution in [3.8, 4) is 21.8 Å². The third-order valence-electron chi connectivity index (χ3n) is 6.54. The fourth-order valence-electron chi connectivity index (χ4n) is 4.86. The summed E-state index contributed by atoms with van der Waals surface area (Å²) in [5.41, 5.74) is -9.34. The van der Waals surface area contributed by atoms with Crippen molar-refractivity contribution in [2.45, 2.75) is 18.5 Å². The molecule has 0 saturated heterocycles. The smallest absolute Gasteiger partial charge is 0.206 e. The van der Waals surface area contributed by atoms with E-state index in [0.717, 1.165) is 10.1 Å². The molecule has 2 heterocycles. The van der Waals surface area contributed by atoms with Crippen LogP contribution in [-0.4, -0.2) is 10.2 Å². The van der Waals surface area contributed by atoms with Crippen molar-refractivity contribution in [1.82, 2.24) is 10.2 Å². The van der Waals surface area contributed by atoms with Crippen molar-refractivity contribution < 1.29 is 59.6 Å². The van der Waals surface area contributed by atoms with Crippen LogP contribution in [0.5, 0.6) is 0 Å². The molecule has 2 aromatic heterocycles. The van der Waals surface area contributed by atoms with Crippen LogP contribution in [0, 0.1) is 6.07 Å². The largest absolute Gasteiger partial charge is 0.417 e. The van der Waals surface area contributed by atoms with E-state index in [4.69, 9.17) is 0 Å². The Labute approximate surface area is 248 Å². The fourth-order valence-corrected chi connectivity index (χ4v) is 5.86. The van der Waals surface area contributed by atoms with Crippen LogP contribution in [0.2, 0.25) is 0 Å². The first-order chi connectivity index (χ1) is 19.2. The summed E-state index contributed by atoms with van der Waals surface area (Å²) < 4.78 is 126. The quantitative estimate of drug-likeness (QED) is 0.0993. The molecular weight excluding hydrogens is 772 g/mol. The monoisotopic (exact) mass is 784 g/mol. The topological polar surface area (TPSA) is 25.8 Å². The van der Waals surface area contributed by atoms with E-state index in [0.29, 0.717) is 21.7 Å². The summed E-state index contributed by atoms with van der Waals surface area (Å²) in [5.74, 6) is 0. The van der Waals surface area contributed by atoms with E-state index in [1.165, 1.54) is 17.4 Å². The van der Waals surface area contributed by atoms with Gasteiger partial charge in [-0.2, -0.15) is 49.7 Å². The molecule has 6 aromatic rings. The number of alkyl halides is 9. The van der Waals surface area contributed by atoms with Crippen LogP contribution in [-0.2, 0) is 38.6 Å². The van der Waals surface area contributed by atoms with Crippen molar-refractivity contribution in [3.05, 3.63) is 95.6 Å². The van der Waals surface area contributed by atoms with Crippen molar-refractivity contribution >= 4 is 43.0 Å². The molecule has 4 aromatic carbocycles.